The number of nitrogens with zero attached hydrogens (tertiary/aromatic N) is 1. The van der Waals surface area contributed by atoms with Crippen molar-refractivity contribution in [2.24, 2.45) is 5.73 Å². The molecule has 1 aliphatic heterocycles. The SMILES string of the molecule is CC(C)Oc1cccc(C(CN)N2CCSC(C)(C)C2)c1. The van der Waals surface area contributed by atoms with E-state index < -0.39 is 0 Å². The molecule has 1 saturated heterocycles. The summed E-state index contributed by atoms with van der Waals surface area (Å²) < 4.78 is 6.12. The number of nitrogens with two attached hydrogens (primary N) is 1. The molecule has 118 valence electrons. The van der Waals surface area contributed by atoms with E-state index in [9.17, 15) is 0 Å². The summed E-state index contributed by atoms with van der Waals surface area (Å²) in [4.78, 5) is 2.52. The lowest BCUT2D eigenvalue weighted by molar-refractivity contribution is 0.191. The molecule has 0 amide bonds. The van der Waals surface area contributed by atoms with Gasteiger partial charge in [-0.15, -0.1) is 0 Å². The van der Waals surface area contributed by atoms with Crippen molar-refractivity contribution in [1.82, 2.24) is 4.90 Å². The molecule has 4 heteroatoms. The molecule has 2 rings (SSSR count). The van der Waals surface area contributed by atoms with Crippen LogP contribution in [0, 0.1) is 0 Å². The van der Waals surface area contributed by atoms with Gasteiger partial charge < -0.3 is 10.5 Å². The minimum absolute atomic E-state index is 0.196. The topological polar surface area (TPSA) is 38.5 Å². The van der Waals surface area contributed by atoms with Crippen molar-refractivity contribution in [2.45, 2.75) is 44.6 Å². The van der Waals surface area contributed by atoms with Crippen molar-refractivity contribution in [3.63, 3.8) is 0 Å². The maximum Gasteiger partial charge on any atom is 0.120 e. The number of rotatable bonds is 5. The fourth-order valence-electron chi connectivity index (χ4n) is 2.88. The summed E-state index contributed by atoms with van der Waals surface area (Å²) in [6, 6.07) is 8.68. The first-order chi connectivity index (χ1) is 9.91. The van der Waals surface area contributed by atoms with Crippen LogP contribution in [0.15, 0.2) is 24.3 Å². The van der Waals surface area contributed by atoms with Crippen LogP contribution >= 0.6 is 11.8 Å². The highest BCUT2D eigenvalue weighted by Crippen LogP contribution is 2.34. The largest absolute Gasteiger partial charge is 0.491 e. The van der Waals surface area contributed by atoms with Gasteiger partial charge in [0.1, 0.15) is 5.75 Å². The molecule has 3 nitrogen and oxygen atoms in total. The van der Waals surface area contributed by atoms with Crippen LogP contribution in [0.4, 0.5) is 0 Å². The van der Waals surface area contributed by atoms with Crippen molar-refractivity contribution >= 4 is 11.8 Å². The van der Waals surface area contributed by atoms with Crippen LogP contribution in [0.5, 0.6) is 5.75 Å². The van der Waals surface area contributed by atoms with Crippen LogP contribution in [0.1, 0.15) is 39.3 Å². The normalized spacial score (nSPS) is 20.5. The number of hydrogen-bond acceptors (Lipinski definition) is 4. The molecule has 1 unspecified atom stereocenters. The van der Waals surface area contributed by atoms with Crippen molar-refractivity contribution in [3.8, 4) is 5.75 Å². The Balaban J connectivity index is 2.17. The zero-order valence-electron chi connectivity index (χ0n) is 13.6. The second kappa shape index (κ2) is 7.03. The van der Waals surface area contributed by atoms with Gasteiger partial charge in [0.15, 0.2) is 0 Å². The highest BCUT2D eigenvalue weighted by molar-refractivity contribution is 8.00. The van der Waals surface area contributed by atoms with Gasteiger partial charge in [0.05, 0.1) is 6.10 Å². The van der Waals surface area contributed by atoms with Crippen LogP contribution in [0.2, 0.25) is 0 Å². The number of benzene rings is 1. The molecule has 1 aromatic carbocycles. The van der Waals surface area contributed by atoms with Crippen molar-refractivity contribution in [2.75, 3.05) is 25.4 Å². The third-order valence-electron chi connectivity index (χ3n) is 3.73. The van der Waals surface area contributed by atoms with Gasteiger partial charge in [-0.1, -0.05) is 12.1 Å². The third-order valence-corrected chi connectivity index (χ3v) is 5.03. The maximum atomic E-state index is 6.09. The predicted molar refractivity (Wildman–Crippen MR) is 92.1 cm³/mol. The van der Waals surface area contributed by atoms with E-state index >= 15 is 0 Å². The second-order valence-electron chi connectivity index (χ2n) is 6.57. The monoisotopic (exact) mass is 308 g/mol. The molecule has 21 heavy (non-hydrogen) atoms. The van der Waals surface area contributed by atoms with Crippen LogP contribution < -0.4 is 10.5 Å². The fourth-order valence-corrected chi connectivity index (χ4v) is 4.02. The van der Waals surface area contributed by atoms with Gasteiger partial charge in [-0.3, -0.25) is 4.90 Å². The van der Waals surface area contributed by atoms with Crippen LogP contribution in [-0.4, -0.2) is 41.1 Å². The Morgan fingerprint density at radius 1 is 1.38 bits per heavy atom. The van der Waals surface area contributed by atoms with Gasteiger partial charge in [0.2, 0.25) is 0 Å². The minimum atomic E-state index is 0.196. The van der Waals surface area contributed by atoms with Crippen molar-refractivity contribution < 1.29 is 4.74 Å². The number of ether oxygens (including phenoxy) is 1. The second-order valence-corrected chi connectivity index (χ2v) is 8.37. The average Bonchev–Trinajstić information content (AvgIpc) is 2.38. The molecule has 0 bridgehead atoms. The van der Waals surface area contributed by atoms with E-state index in [1.807, 2.05) is 6.07 Å². The van der Waals surface area contributed by atoms with Gasteiger partial charge in [0.25, 0.3) is 0 Å². The molecular formula is C17H28N2OS. The lowest BCUT2D eigenvalue weighted by Gasteiger charge is -2.41. The van der Waals surface area contributed by atoms with Gasteiger partial charge in [0, 0.05) is 36.2 Å². The van der Waals surface area contributed by atoms with Gasteiger partial charge in [-0.05, 0) is 45.4 Å². The smallest absolute Gasteiger partial charge is 0.120 e. The molecule has 0 radical (unpaired) electrons. The predicted octanol–water partition coefficient (Wildman–Crippen LogP) is 3.30. The van der Waals surface area contributed by atoms with Gasteiger partial charge in [-0.2, -0.15) is 11.8 Å². The number of thioether (sulfide) groups is 1. The van der Waals surface area contributed by atoms with E-state index in [0.717, 1.165) is 18.8 Å². The Kier molecular flexibility index (Phi) is 5.58. The molecule has 1 aliphatic rings. The summed E-state index contributed by atoms with van der Waals surface area (Å²) in [7, 11) is 0. The summed E-state index contributed by atoms with van der Waals surface area (Å²) in [6.07, 6.45) is 0.196. The lowest BCUT2D eigenvalue weighted by atomic mass is 10.0. The lowest BCUT2D eigenvalue weighted by Crippen LogP contribution is -2.46. The Labute approximate surface area is 133 Å². The summed E-state index contributed by atoms with van der Waals surface area (Å²) in [6.45, 7) is 11.6. The fraction of sp³-hybridized carbons (Fsp3) is 0.647. The van der Waals surface area contributed by atoms with Crippen LogP contribution in [0.25, 0.3) is 0 Å². The van der Waals surface area contributed by atoms with Crippen molar-refractivity contribution in [1.29, 1.82) is 0 Å². The molecule has 1 aromatic rings. The molecule has 0 spiro atoms. The van der Waals surface area contributed by atoms with Crippen molar-refractivity contribution in [3.05, 3.63) is 29.8 Å². The van der Waals surface area contributed by atoms with E-state index in [2.05, 4.69) is 62.6 Å². The first kappa shape index (κ1) is 16.7. The Morgan fingerprint density at radius 2 is 2.14 bits per heavy atom. The Bertz CT molecular complexity index is 462. The van der Waals surface area contributed by atoms with Gasteiger partial charge >= 0.3 is 0 Å². The Hall–Kier alpha value is -0.710. The number of hydrogen-bond donors (Lipinski definition) is 1. The first-order valence-electron chi connectivity index (χ1n) is 7.76. The quantitative estimate of drug-likeness (QED) is 0.906. The zero-order valence-corrected chi connectivity index (χ0v) is 14.5. The average molecular weight is 308 g/mol. The third kappa shape index (κ3) is 4.63. The molecular weight excluding hydrogens is 280 g/mol. The highest BCUT2D eigenvalue weighted by Gasteiger charge is 2.31. The minimum Gasteiger partial charge on any atom is -0.491 e. The highest BCUT2D eigenvalue weighted by atomic mass is 32.2. The standard InChI is InChI=1S/C17H28N2OS/c1-13(2)20-15-7-5-6-14(10-15)16(11-18)19-8-9-21-17(3,4)12-19/h5-7,10,13,16H,8-9,11-12,18H2,1-4H3. The summed E-state index contributed by atoms with van der Waals surface area (Å²) in [5, 5.41) is 0. The van der Waals surface area contributed by atoms with Crippen LogP contribution in [-0.2, 0) is 0 Å². The maximum absolute atomic E-state index is 6.09. The Morgan fingerprint density at radius 3 is 2.76 bits per heavy atom. The molecule has 2 N–H and O–H groups in total. The summed E-state index contributed by atoms with van der Waals surface area (Å²) >= 11 is 2.05. The molecule has 1 atom stereocenters. The molecule has 0 saturated carbocycles. The molecule has 1 fully saturated rings. The molecule has 0 aromatic heterocycles. The molecule has 1 heterocycles. The van der Waals surface area contributed by atoms with E-state index in [-0.39, 0.29) is 12.1 Å². The summed E-state index contributed by atoms with van der Waals surface area (Å²) in [5.41, 5.74) is 7.35. The van der Waals surface area contributed by atoms with E-state index in [1.165, 1.54) is 11.3 Å². The van der Waals surface area contributed by atoms with E-state index in [1.54, 1.807) is 0 Å². The molecule has 0 aliphatic carbocycles. The zero-order chi connectivity index (χ0) is 15.5. The van der Waals surface area contributed by atoms with Crippen LogP contribution in [0.3, 0.4) is 0 Å². The summed E-state index contributed by atoms with van der Waals surface area (Å²) in [5.74, 6) is 2.11. The van der Waals surface area contributed by atoms with Gasteiger partial charge in [-0.25, -0.2) is 0 Å². The van der Waals surface area contributed by atoms with E-state index in [0.29, 0.717) is 11.3 Å². The van der Waals surface area contributed by atoms with E-state index in [4.69, 9.17) is 10.5 Å². The first-order valence-corrected chi connectivity index (χ1v) is 8.74.